The third-order valence-corrected chi connectivity index (χ3v) is 7.13. The van der Waals surface area contributed by atoms with Crippen molar-refractivity contribution in [1.82, 2.24) is 4.90 Å². The first-order valence-electron chi connectivity index (χ1n) is 9.80. The van der Waals surface area contributed by atoms with Gasteiger partial charge < -0.3 is 9.64 Å². The number of carbonyl (C=O) groups is 2. The topological polar surface area (TPSA) is 46.6 Å². The summed E-state index contributed by atoms with van der Waals surface area (Å²) >= 11 is 3.76. The van der Waals surface area contributed by atoms with Crippen LogP contribution in [0.3, 0.4) is 0 Å². The molecule has 1 saturated heterocycles. The molecule has 0 radical (unpaired) electrons. The summed E-state index contributed by atoms with van der Waals surface area (Å²) in [5.41, 5.74) is 1.23. The van der Waals surface area contributed by atoms with Gasteiger partial charge in [-0.05, 0) is 37.5 Å². The largest absolute Gasteiger partial charge is 0.466 e. The van der Waals surface area contributed by atoms with Gasteiger partial charge in [-0.25, -0.2) is 0 Å². The molecule has 1 saturated carbocycles. The predicted molar refractivity (Wildman–Crippen MR) is 111 cm³/mol. The number of benzene rings is 2. The highest BCUT2D eigenvalue weighted by Crippen LogP contribution is 2.59. The SMILES string of the molecule is CCOC(=O)[C@]1(Cc2ccccc2)CCN(C(=O)c2ccccc2)[C@@H]2C(Br)[C@@H]21. The summed E-state index contributed by atoms with van der Waals surface area (Å²) in [6, 6.07) is 19.5. The van der Waals surface area contributed by atoms with E-state index in [2.05, 4.69) is 28.1 Å². The Labute approximate surface area is 174 Å². The van der Waals surface area contributed by atoms with Gasteiger partial charge >= 0.3 is 5.97 Å². The number of esters is 1. The van der Waals surface area contributed by atoms with Gasteiger partial charge in [0.1, 0.15) is 0 Å². The molecule has 1 aliphatic carbocycles. The molecule has 2 aliphatic rings. The zero-order valence-electron chi connectivity index (χ0n) is 15.9. The smallest absolute Gasteiger partial charge is 0.312 e. The maximum Gasteiger partial charge on any atom is 0.312 e. The Kier molecular flexibility index (Phi) is 5.28. The number of piperidine rings is 1. The van der Waals surface area contributed by atoms with E-state index in [1.54, 1.807) is 0 Å². The van der Waals surface area contributed by atoms with Crippen LogP contribution in [0.2, 0.25) is 0 Å². The summed E-state index contributed by atoms with van der Waals surface area (Å²) in [4.78, 5) is 28.2. The second-order valence-electron chi connectivity index (χ2n) is 7.61. The lowest BCUT2D eigenvalue weighted by atomic mass is 9.72. The van der Waals surface area contributed by atoms with E-state index in [-0.39, 0.29) is 28.7 Å². The number of ether oxygens (including phenoxy) is 1. The summed E-state index contributed by atoms with van der Waals surface area (Å²) in [6.45, 7) is 2.77. The Balaban J connectivity index is 1.62. The van der Waals surface area contributed by atoms with E-state index in [1.807, 2.05) is 60.4 Å². The summed E-state index contributed by atoms with van der Waals surface area (Å²) in [6.07, 6.45) is 1.26. The van der Waals surface area contributed by atoms with Crippen molar-refractivity contribution >= 4 is 27.8 Å². The van der Waals surface area contributed by atoms with E-state index in [1.165, 1.54) is 0 Å². The molecule has 4 rings (SSSR count). The minimum atomic E-state index is -0.594. The first-order valence-corrected chi connectivity index (χ1v) is 10.7. The maximum atomic E-state index is 13.1. The van der Waals surface area contributed by atoms with Crippen molar-refractivity contribution in [2.75, 3.05) is 13.2 Å². The fourth-order valence-corrected chi connectivity index (χ4v) is 5.88. The fourth-order valence-electron chi connectivity index (χ4n) is 4.63. The number of likely N-dealkylation sites (tertiary alicyclic amines) is 1. The maximum absolute atomic E-state index is 13.1. The average Bonchev–Trinajstić information content (AvgIpc) is 3.41. The molecule has 1 unspecified atom stereocenters. The molecule has 5 heteroatoms. The molecule has 146 valence electrons. The molecule has 0 bridgehead atoms. The van der Waals surface area contributed by atoms with E-state index in [9.17, 15) is 9.59 Å². The van der Waals surface area contributed by atoms with Gasteiger partial charge in [0.2, 0.25) is 0 Å². The summed E-state index contributed by atoms with van der Waals surface area (Å²) in [7, 11) is 0. The zero-order chi connectivity index (χ0) is 19.7. The van der Waals surface area contributed by atoms with Crippen LogP contribution in [-0.2, 0) is 16.0 Å². The molecule has 2 fully saturated rings. The Morgan fingerprint density at radius 3 is 2.39 bits per heavy atom. The number of carbonyl (C=O) groups excluding carboxylic acids is 2. The van der Waals surface area contributed by atoms with E-state index < -0.39 is 5.41 Å². The molecule has 28 heavy (non-hydrogen) atoms. The van der Waals surface area contributed by atoms with Gasteiger partial charge in [-0.15, -0.1) is 0 Å². The summed E-state index contributed by atoms with van der Waals surface area (Å²) in [5.74, 6) is -0.0366. The lowest BCUT2D eigenvalue weighted by Crippen LogP contribution is -2.49. The van der Waals surface area contributed by atoms with Crippen LogP contribution in [0.15, 0.2) is 60.7 Å². The highest BCUT2D eigenvalue weighted by molar-refractivity contribution is 9.09. The van der Waals surface area contributed by atoms with Crippen molar-refractivity contribution in [3.05, 3.63) is 71.8 Å². The first kappa shape index (κ1) is 19.2. The van der Waals surface area contributed by atoms with Crippen molar-refractivity contribution in [1.29, 1.82) is 0 Å². The van der Waals surface area contributed by atoms with Gasteiger partial charge in [0.15, 0.2) is 0 Å². The molecule has 1 aliphatic heterocycles. The third kappa shape index (κ3) is 3.26. The van der Waals surface area contributed by atoms with Crippen LogP contribution in [0.25, 0.3) is 0 Å². The number of alkyl halides is 1. The number of nitrogens with zero attached hydrogens (tertiary/aromatic N) is 1. The number of halogens is 1. The van der Waals surface area contributed by atoms with Gasteiger partial charge in [-0.1, -0.05) is 64.5 Å². The molecule has 2 aromatic carbocycles. The molecular weight excluding hydrogens is 418 g/mol. The van der Waals surface area contributed by atoms with Gasteiger partial charge in [-0.2, -0.15) is 0 Å². The van der Waals surface area contributed by atoms with Gasteiger partial charge in [-0.3, -0.25) is 9.59 Å². The Morgan fingerprint density at radius 1 is 1.11 bits per heavy atom. The Morgan fingerprint density at radius 2 is 1.75 bits per heavy atom. The molecule has 2 aromatic rings. The lowest BCUT2D eigenvalue weighted by molar-refractivity contribution is -0.159. The van der Waals surface area contributed by atoms with Gasteiger partial charge in [0.25, 0.3) is 5.91 Å². The molecule has 1 amide bonds. The molecular formula is C23H24BrNO3. The number of hydrogen-bond donors (Lipinski definition) is 0. The molecule has 0 spiro atoms. The van der Waals surface area contributed by atoms with Crippen LogP contribution in [0.5, 0.6) is 0 Å². The van der Waals surface area contributed by atoms with Crippen molar-refractivity contribution in [2.45, 2.75) is 30.6 Å². The molecule has 0 N–H and O–H groups in total. The monoisotopic (exact) mass is 441 g/mol. The summed E-state index contributed by atoms with van der Waals surface area (Å²) < 4.78 is 5.52. The van der Waals surface area contributed by atoms with Crippen LogP contribution < -0.4 is 0 Å². The van der Waals surface area contributed by atoms with Crippen molar-refractivity contribution in [3.63, 3.8) is 0 Å². The summed E-state index contributed by atoms with van der Waals surface area (Å²) in [5, 5.41) is 0. The van der Waals surface area contributed by atoms with E-state index in [0.29, 0.717) is 31.6 Å². The quantitative estimate of drug-likeness (QED) is 0.518. The van der Waals surface area contributed by atoms with Gasteiger partial charge in [0.05, 0.1) is 12.0 Å². The zero-order valence-corrected chi connectivity index (χ0v) is 17.5. The molecule has 1 heterocycles. The van der Waals surface area contributed by atoms with Crippen LogP contribution in [0.4, 0.5) is 0 Å². The van der Waals surface area contributed by atoms with Gasteiger partial charge in [0, 0.05) is 28.9 Å². The van der Waals surface area contributed by atoms with Crippen molar-refractivity contribution in [2.24, 2.45) is 11.3 Å². The van der Waals surface area contributed by atoms with Crippen molar-refractivity contribution in [3.8, 4) is 0 Å². The van der Waals surface area contributed by atoms with Crippen LogP contribution >= 0.6 is 15.9 Å². The van der Waals surface area contributed by atoms with Crippen molar-refractivity contribution < 1.29 is 14.3 Å². The number of amides is 1. The predicted octanol–water partition coefficient (Wildman–Crippen LogP) is 4.09. The number of fused-ring (bicyclic) bond motifs is 1. The Bertz CT molecular complexity index is 857. The standard InChI is InChI=1S/C23H24BrNO3/c1-2-28-22(27)23(15-16-9-5-3-6-10-16)13-14-25(20-18(23)19(20)24)21(26)17-11-7-4-8-12-17/h3-12,18-20H,2,13-15H2,1H3/t18-,19?,20-,23-/m0/s1. The van der Waals surface area contributed by atoms with Crippen LogP contribution in [0.1, 0.15) is 29.3 Å². The van der Waals surface area contributed by atoms with E-state index in [4.69, 9.17) is 4.74 Å². The van der Waals surface area contributed by atoms with Crippen LogP contribution in [-0.4, -0.2) is 40.8 Å². The average molecular weight is 442 g/mol. The van der Waals surface area contributed by atoms with E-state index in [0.717, 1.165) is 5.56 Å². The second kappa shape index (κ2) is 7.70. The number of hydrogen-bond acceptors (Lipinski definition) is 3. The van der Waals surface area contributed by atoms with E-state index >= 15 is 0 Å². The molecule has 4 nitrogen and oxygen atoms in total. The molecule has 4 atom stereocenters. The minimum Gasteiger partial charge on any atom is -0.466 e. The highest BCUT2D eigenvalue weighted by atomic mass is 79.9. The molecule has 0 aromatic heterocycles. The number of rotatable bonds is 5. The fraction of sp³-hybridized carbons (Fsp3) is 0.391. The highest BCUT2D eigenvalue weighted by Gasteiger charge is 2.68. The minimum absolute atomic E-state index is 0.0228. The third-order valence-electron chi connectivity index (χ3n) is 6.02. The first-order chi connectivity index (χ1) is 13.6. The normalized spacial score (nSPS) is 28.4. The second-order valence-corrected chi connectivity index (χ2v) is 8.67. The lowest BCUT2D eigenvalue weighted by Gasteiger charge is -2.39. The Hall–Kier alpha value is -2.14. The van der Waals surface area contributed by atoms with Crippen LogP contribution in [0, 0.1) is 11.3 Å².